The molecule has 0 fully saturated rings. The molecular weight excluding hydrogens is 343 g/mol. The molecule has 5 nitrogen and oxygen atoms in total. The van der Waals surface area contributed by atoms with E-state index in [1.807, 2.05) is 36.4 Å². The molecule has 0 bridgehead atoms. The molecule has 4 rings (SSSR count). The number of nitrogen functional groups attached to an aromatic ring is 1. The maximum Gasteiger partial charge on any atom is 0.220 e. The third kappa shape index (κ3) is 3.42. The number of fused-ring (bicyclic) bond motifs is 1. The zero-order valence-electron chi connectivity index (χ0n) is 14.7. The largest absolute Gasteiger partial charge is 0.496 e. The molecule has 0 atom stereocenters. The quantitative estimate of drug-likeness (QED) is 0.595. The van der Waals surface area contributed by atoms with Gasteiger partial charge in [-0.25, -0.2) is 19.3 Å². The minimum atomic E-state index is -0.285. The fraction of sp³-hybridized carbons (Fsp3) is 0.0952. The standard InChI is InChI=1S/C21H17FN4O/c1-27-19-5-3-2-4-14(19)12-18-20-17(25-21(23)26-18)11-10-16(24-20)13-6-8-15(22)9-7-13/h2-11H,12H2,1H3,(H2,23,25,26). The Hall–Kier alpha value is -3.54. The van der Waals surface area contributed by atoms with Crippen LogP contribution >= 0.6 is 0 Å². The Labute approximate surface area is 155 Å². The van der Waals surface area contributed by atoms with Crippen LogP contribution in [0.3, 0.4) is 0 Å². The highest BCUT2D eigenvalue weighted by Crippen LogP contribution is 2.26. The van der Waals surface area contributed by atoms with Gasteiger partial charge in [-0.05, 0) is 42.5 Å². The Balaban J connectivity index is 1.83. The lowest BCUT2D eigenvalue weighted by Crippen LogP contribution is -2.04. The normalized spacial score (nSPS) is 10.9. The minimum Gasteiger partial charge on any atom is -0.496 e. The third-order valence-corrected chi connectivity index (χ3v) is 4.32. The van der Waals surface area contributed by atoms with E-state index in [9.17, 15) is 4.39 Å². The molecule has 2 N–H and O–H groups in total. The van der Waals surface area contributed by atoms with Crippen molar-refractivity contribution in [2.45, 2.75) is 6.42 Å². The molecule has 0 spiro atoms. The van der Waals surface area contributed by atoms with Crippen molar-refractivity contribution in [3.63, 3.8) is 0 Å². The van der Waals surface area contributed by atoms with Crippen LogP contribution in [0.4, 0.5) is 10.3 Å². The van der Waals surface area contributed by atoms with Gasteiger partial charge in [0, 0.05) is 17.5 Å². The van der Waals surface area contributed by atoms with Crippen molar-refractivity contribution in [2.24, 2.45) is 0 Å². The highest BCUT2D eigenvalue weighted by molar-refractivity contribution is 5.81. The predicted octanol–water partition coefficient (Wildman–Crippen LogP) is 4.01. The molecule has 0 amide bonds. The number of benzene rings is 2. The van der Waals surface area contributed by atoms with Gasteiger partial charge in [0.25, 0.3) is 0 Å². The third-order valence-electron chi connectivity index (χ3n) is 4.32. The first-order valence-electron chi connectivity index (χ1n) is 8.45. The van der Waals surface area contributed by atoms with Gasteiger partial charge in [-0.2, -0.15) is 0 Å². The van der Waals surface area contributed by atoms with E-state index in [2.05, 4.69) is 9.97 Å². The van der Waals surface area contributed by atoms with Crippen molar-refractivity contribution in [1.82, 2.24) is 15.0 Å². The van der Waals surface area contributed by atoms with Gasteiger partial charge in [-0.15, -0.1) is 0 Å². The number of para-hydroxylation sites is 1. The maximum absolute atomic E-state index is 13.2. The number of pyridine rings is 1. The lowest BCUT2D eigenvalue weighted by molar-refractivity contribution is 0.410. The van der Waals surface area contributed by atoms with Gasteiger partial charge in [0.15, 0.2) is 0 Å². The molecule has 4 aromatic rings. The van der Waals surface area contributed by atoms with E-state index >= 15 is 0 Å². The molecule has 0 saturated carbocycles. The van der Waals surface area contributed by atoms with Gasteiger partial charge in [0.1, 0.15) is 17.1 Å². The number of nitrogens with two attached hydrogens (primary N) is 1. The Bertz CT molecular complexity index is 1110. The van der Waals surface area contributed by atoms with Crippen LogP contribution in [0.2, 0.25) is 0 Å². The molecule has 27 heavy (non-hydrogen) atoms. The van der Waals surface area contributed by atoms with Crippen molar-refractivity contribution < 1.29 is 9.13 Å². The number of anilines is 1. The van der Waals surface area contributed by atoms with Gasteiger partial charge >= 0.3 is 0 Å². The highest BCUT2D eigenvalue weighted by atomic mass is 19.1. The number of hydrogen-bond acceptors (Lipinski definition) is 5. The van der Waals surface area contributed by atoms with Crippen LogP contribution in [0.15, 0.2) is 60.7 Å². The molecule has 2 aromatic carbocycles. The number of ether oxygens (including phenoxy) is 1. The first-order chi connectivity index (χ1) is 13.1. The van der Waals surface area contributed by atoms with Crippen LogP contribution in [-0.4, -0.2) is 22.1 Å². The fourth-order valence-corrected chi connectivity index (χ4v) is 3.03. The second-order valence-corrected chi connectivity index (χ2v) is 6.09. The molecular formula is C21H17FN4O. The highest BCUT2D eigenvalue weighted by Gasteiger charge is 2.13. The summed E-state index contributed by atoms with van der Waals surface area (Å²) in [5.74, 6) is 0.689. The van der Waals surface area contributed by atoms with Gasteiger partial charge < -0.3 is 10.5 Å². The van der Waals surface area contributed by atoms with E-state index in [4.69, 9.17) is 15.5 Å². The Kier molecular flexibility index (Phi) is 4.38. The number of hydrogen-bond donors (Lipinski definition) is 1. The average Bonchev–Trinajstić information content (AvgIpc) is 2.69. The van der Waals surface area contributed by atoms with E-state index in [-0.39, 0.29) is 11.8 Å². The Morgan fingerprint density at radius 1 is 0.926 bits per heavy atom. The van der Waals surface area contributed by atoms with Gasteiger partial charge in [0.2, 0.25) is 5.95 Å². The summed E-state index contributed by atoms with van der Waals surface area (Å²) in [5, 5.41) is 0. The summed E-state index contributed by atoms with van der Waals surface area (Å²) < 4.78 is 18.6. The number of halogens is 1. The fourth-order valence-electron chi connectivity index (χ4n) is 3.03. The average molecular weight is 360 g/mol. The Morgan fingerprint density at radius 2 is 1.70 bits per heavy atom. The van der Waals surface area contributed by atoms with Gasteiger partial charge in [-0.1, -0.05) is 18.2 Å². The van der Waals surface area contributed by atoms with E-state index in [1.165, 1.54) is 12.1 Å². The van der Waals surface area contributed by atoms with Crippen molar-refractivity contribution in [3.05, 3.63) is 77.7 Å². The van der Waals surface area contributed by atoms with Crippen LogP contribution in [0.25, 0.3) is 22.3 Å². The summed E-state index contributed by atoms with van der Waals surface area (Å²) in [7, 11) is 1.64. The van der Waals surface area contributed by atoms with Crippen LogP contribution in [-0.2, 0) is 6.42 Å². The Morgan fingerprint density at radius 3 is 2.48 bits per heavy atom. The minimum absolute atomic E-state index is 0.198. The molecule has 134 valence electrons. The molecule has 6 heteroatoms. The molecule has 0 aliphatic heterocycles. The molecule has 2 aromatic heterocycles. The van der Waals surface area contributed by atoms with E-state index in [0.29, 0.717) is 23.1 Å². The first-order valence-corrected chi connectivity index (χ1v) is 8.45. The summed E-state index contributed by atoms with van der Waals surface area (Å²) in [6.07, 6.45) is 0.507. The topological polar surface area (TPSA) is 73.9 Å². The van der Waals surface area contributed by atoms with Crippen LogP contribution in [0.5, 0.6) is 5.75 Å². The van der Waals surface area contributed by atoms with Crippen molar-refractivity contribution in [2.75, 3.05) is 12.8 Å². The van der Waals surface area contributed by atoms with Crippen molar-refractivity contribution in [1.29, 1.82) is 0 Å². The first kappa shape index (κ1) is 16.9. The number of rotatable bonds is 4. The molecule has 0 radical (unpaired) electrons. The smallest absolute Gasteiger partial charge is 0.220 e. The summed E-state index contributed by atoms with van der Waals surface area (Å²) in [4.78, 5) is 13.4. The lowest BCUT2D eigenvalue weighted by Gasteiger charge is -2.11. The van der Waals surface area contributed by atoms with Crippen LogP contribution < -0.4 is 10.5 Å². The maximum atomic E-state index is 13.2. The van der Waals surface area contributed by atoms with Crippen LogP contribution in [0, 0.1) is 5.82 Å². The second-order valence-electron chi connectivity index (χ2n) is 6.09. The SMILES string of the molecule is COc1ccccc1Cc1nc(N)nc2ccc(-c3ccc(F)cc3)nc12. The summed E-state index contributed by atoms with van der Waals surface area (Å²) in [6, 6.07) is 17.7. The molecule has 0 aliphatic rings. The predicted molar refractivity (Wildman–Crippen MR) is 103 cm³/mol. The van der Waals surface area contributed by atoms with Crippen molar-refractivity contribution in [3.8, 4) is 17.0 Å². The molecule has 0 saturated heterocycles. The molecule has 2 heterocycles. The zero-order valence-corrected chi connectivity index (χ0v) is 14.7. The number of nitrogens with zero attached hydrogens (tertiary/aromatic N) is 3. The van der Waals surface area contributed by atoms with Crippen LogP contribution in [0.1, 0.15) is 11.3 Å². The second kappa shape index (κ2) is 6.99. The van der Waals surface area contributed by atoms with Crippen molar-refractivity contribution >= 4 is 17.0 Å². The monoisotopic (exact) mass is 360 g/mol. The summed E-state index contributed by atoms with van der Waals surface area (Å²) >= 11 is 0. The number of methoxy groups -OCH3 is 1. The number of aromatic nitrogens is 3. The zero-order chi connectivity index (χ0) is 18.8. The molecule has 0 aliphatic carbocycles. The van der Waals surface area contributed by atoms with Gasteiger partial charge in [-0.3, -0.25) is 0 Å². The summed E-state index contributed by atoms with van der Waals surface area (Å²) in [6.45, 7) is 0. The molecule has 0 unspecified atom stereocenters. The van der Waals surface area contributed by atoms with E-state index in [0.717, 1.165) is 22.6 Å². The van der Waals surface area contributed by atoms with E-state index < -0.39 is 0 Å². The summed E-state index contributed by atoms with van der Waals surface area (Å²) in [5.41, 5.74) is 10.5. The lowest BCUT2D eigenvalue weighted by atomic mass is 10.1. The van der Waals surface area contributed by atoms with E-state index in [1.54, 1.807) is 19.2 Å². The van der Waals surface area contributed by atoms with Gasteiger partial charge in [0.05, 0.1) is 24.0 Å².